The number of carbonyl (C=O) groups excluding carboxylic acids is 1. The van der Waals surface area contributed by atoms with Crippen molar-refractivity contribution in [3.05, 3.63) is 28.0 Å². The van der Waals surface area contributed by atoms with Crippen LogP contribution in [-0.4, -0.2) is 21.1 Å². The van der Waals surface area contributed by atoms with Gasteiger partial charge in [-0.05, 0) is 12.8 Å². The fraction of sp³-hybridized carbons (Fsp3) is 0.364. The highest BCUT2D eigenvalue weighted by Gasteiger charge is 2.30. The van der Waals surface area contributed by atoms with Crippen LogP contribution in [-0.2, 0) is 6.54 Å². The summed E-state index contributed by atoms with van der Waals surface area (Å²) in [5, 5.41) is 11.5. The smallest absolute Gasteiger partial charge is 0.274 e. The molecular weight excluding hydrogens is 250 g/mol. The maximum Gasteiger partial charge on any atom is 0.274 e. The van der Waals surface area contributed by atoms with Gasteiger partial charge in [-0.3, -0.25) is 9.89 Å². The van der Waals surface area contributed by atoms with E-state index in [1.54, 1.807) is 5.51 Å². The molecule has 1 aliphatic carbocycles. The van der Waals surface area contributed by atoms with E-state index in [0.29, 0.717) is 18.2 Å². The van der Waals surface area contributed by atoms with Crippen LogP contribution in [0.25, 0.3) is 0 Å². The molecule has 0 aromatic carbocycles. The summed E-state index contributed by atoms with van der Waals surface area (Å²) in [5.74, 6) is 0.196. The third-order valence-corrected chi connectivity index (χ3v) is 3.58. The molecule has 18 heavy (non-hydrogen) atoms. The zero-order valence-electron chi connectivity index (χ0n) is 9.64. The summed E-state index contributed by atoms with van der Waals surface area (Å²) in [7, 11) is 0. The largest absolute Gasteiger partial charge is 0.395 e. The molecule has 1 aliphatic rings. The van der Waals surface area contributed by atoms with Crippen molar-refractivity contribution >= 4 is 22.9 Å². The van der Waals surface area contributed by atoms with Gasteiger partial charge < -0.3 is 11.1 Å². The number of thiazole rings is 1. The van der Waals surface area contributed by atoms with E-state index in [1.165, 1.54) is 11.3 Å². The topological polar surface area (TPSA) is 96.7 Å². The van der Waals surface area contributed by atoms with Gasteiger partial charge in [0.15, 0.2) is 5.69 Å². The normalized spacial score (nSPS) is 14.7. The van der Waals surface area contributed by atoms with Crippen LogP contribution in [0, 0.1) is 0 Å². The fourth-order valence-electron chi connectivity index (χ4n) is 1.80. The minimum atomic E-state index is -0.261. The predicted molar refractivity (Wildman–Crippen MR) is 68.3 cm³/mol. The van der Waals surface area contributed by atoms with Gasteiger partial charge in [0.1, 0.15) is 0 Å². The number of amides is 1. The van der Waals surface area contributed by atoms with Crippen molar-refractivity contribution in [2.24, 2.45) is 0 Å². The Bertz CT molecular complexity index is 558. The number of nitrogens with one attached hydrogen (secondary N) is 2. The van der Waals surface area contributed by atoms with Crippen LogP contribution in [0.5, 0.6) is 0 Å². The number of aromatic nitrogens is 3. The second kappa shape index (κ2) is 4.41. The van der Waals surface area contributed by atoms with Crippen molar-refractivity contribution in [2.45, 2.75) is 25.3 Å². The Morgan fingerprint density at radius 2 is 2.44 bits per heavy atom. The lowest BCUT2D eigenvalue weighted by Gasteiger charge is -2.01. The molecule has 0 aliphatic heterocycles. The zero-order valence-corrected chi connectivity index (χ0v) is 10.5. The Balaban J connectivity index is 1.68. The van der Waals surface area contributed by atoms with Gasteiger partial charge in [-0.2, -0.15) is 5.10 Å². The summed E-state index contributed by atoms with van der Waals surface area (Å²) in [5.41, 5.74) is 10.2. The Labute approximate surface area is 108 Å². The summed E-state index contributed by atoms with van der Waals surface area (Å²) in [4.78, 5) is 16.0. The standard InChI is InChI=1S/C11H13N5OS/c12-8-9(6-1-2-6)15-16-10(8)11(17)13-3-7-4-18-5-14-7/h4-6H,1-3,12H2,(H,13,17)(H,15,16). The Morgan fingerprint density at radius 3 is 3.11 bits per heavy atom. The van der Waals surface area contributed by atoms with Crippen molar-refractivity contribution in [2.75, 3.05) is 5.73 Å². The van der Waals surface area contributed by atoms with Gasteiger partial charge in [0.25, 0.3) is 5.91 Å². The van der Waals surface area contributed by atoms with Gasteiger partial charge >= 0.3 is 0 Å². The Hall–Kier alpha value is -1.89. The minimum absolute atomic E-state index is 0.261. The number of aromatic amines is 1. The van der Waals surface area contributed by atoms with E-state index in [1.807, 2.05) is 5.38 Å². The van der Waals surface area contributed by atoms with E-state index >= 15 is 0 Å². The maximum atomic E-state index is 11.9. The highest BCUT2D eigenvalue weighted by molar-refractivity contribution is 7.07. The molecule has 0 saturated heterocycles. The summed E-state index contributed by atoms with van der Waals surface area (Å²) >= 11 is 1.50. The molecule has 6 nitrogen and oxygen atoms in total. The van der Waals surface area contributed by atoms with Crippen molar-refractivity contribution in [1.29, 1.82) is 0 Å². The first kappa shape index (κ1) is 11.2. The average Bonchev–Trinajstić information content (AvgIpc) is 2.93. The predicted octanol–water partition coefficient (Wildman–Crippen LogP) is 1.26. The summed E-state index contributed by atoms with van der Waals surface area (Å²) in [6, 6.07) is 0. The van der Waals surface area contributed by atoms with E-state index in [-0.39, 0.29) is 11.6 Å². The van der Waals surface area contributed by atoms with Gasteiger partial charge in [-0.1, -0.05) is 0 Å². The molecule has 4 N–H and O–H groups in total. The Morgan fingerprint density at radius 1 is 1.61 bits per heavy atom. The number of anilines is 1. The van der Waals surface area contributed by atoms with Gasteiger partial charge in [-0.25, -0.2) is 4.98 Å². The van der Waals surface area contributed by atoms with Crippen LogP contribution in [0.1, 0.15) is 40.6 Å². The Kier molecular flexibility index (Phi) is 2.75. The first-order valence-corrected chi connectivity index (χ1v) is 6.69. The van der Waals surface area contributed by atoms with Crippen molar-refractivity contribution in [3.63, 3.8) is 0 Å². The molecule has 94 valence electrons. The molecule has 7 heteroatoms. The number of nitrogens with zero attached hydrogens (tertiary/aromatic N) is 2. The molecular formula is C11H13N5OS. The lowest BCUT2D eigenvalue weighted by molar-refractivity contribution is 0.0946. The van der Waals surface area contributed by atoms with Crippen molar-refractivity contribution in [1.82, 2.24) is 20.5 Å². The summed E-state index contributed by atoms with van der Waals surface area (Å²) < 4.78 is 0. The van der Waals surface area contributed by atoms with Gasteiger partial charge in [-0.15, -0.1) is 11.3 Å². The van der Waals surface area contributed by atoms with Crippen LogP contribution in [0.2, 0.25) is 0 Å². The van der Waals surface area contributed by atoms with Gasteiger partial charge in [0.05, 0.1) is 29.1 Å². The molecule has 2 aromatic heterocycles. The number of carbonyl (C=O) groups is 1. The lowest BCUT2D eigenvalue weighted by atomic mass is 10.2. The van der Waals surface area contributed by atoms with Crippen LogP contribution >= 0.6 is 11.3 Å². The first-order valence-electron chi connectivity index (χ1n) is 5.74. The van der Waals surface area contributed by atoms with E-state index in [2.05, 4.69) is 20.5 Å². The van der Waals surface area contributed by atoms with Crippen LogP contribution in [0.4, 0.5) is 5.69 Å². The fourth-order valence-corrected chi connectivity index (χ4v) is 2.36. The van der Waals surface area contributed by atoms with E-state index in [0.717, 1.165) is 24.2 Å². The van der Waals surface area contributed by atoms with Crippen molar-refractivity contribution < 1.29 is 4.79 Å². The molecule has 0 bridgehead atoms. The molecule has 1 saturated carbocycles. The minimum Gasteiger partial charge on any atom is -0.395 e. The van der Waals surface area contributed by atoms with Gasteiger partial charge in [0, 0.05) is 11.3 Å². The number of nitrogens with two attached hydrogens (primary N) is 1. The second-order valence-corrected chi connectivity index (χ2v) is 5.05. The molecule has 0 radical (unpaired) electrons. The molecule has 0 atom stereocenters. The molecule has 1 fully saturated rings. The molecule has 2 heterocycles. The highest BCUT2D eigenvalue weighted by atomic mass is 32.1. The number of nitrogen functional groups attached to an aromatic ring is 1. The zero-order chi connectivity index (χ0) is 12.5. The lowest BCUT2D eigenvalue weighted by Crippen LogP contribution is -2.24. The summed E-state index contributed by atoms with van der Waals surface area (Å²) in [6.45, 7) is 0.396. The molecule has 2 aromatic rings. The maximum absolute atomic E-state index is 11.9. The average molecular weight is 263 g/mol. The molecule has 0 spiro atoms. The first-order chi connectivity index (χ1) is 8.75. The second-order valence-electron chi connectivity index (χ2n) is 4.34. The summed E-state index contributed by atoms with van der Waals surface area (Å²) in [6.07, 6.45) is 2.23. The molecule has 0 unspecified atom stereocenters. The number of hydrogen-bond donors (Lipinski definition) is 3. The number of hydrogen-bond acceptors (Lipinski definition) is 5. The highest BCUT2D eigenvalue weighted by Crippen LogP contribution is 2.42. The van der Waals surface area contributed by atoms with E-state index < -0.39 is 0 Å². The third kappa shape index (κ3) is 2.08. The van der Waals surface area contributed by atoms with Crippen LogP contribution < -0.4 is 11.1 Å². The number of rotatable bonds is 4. The van der Waals surface area contributed by atoms with Crippen LogP contribution in [0.3, 0.4) is 0 Å². The van der Waals surface area contributed by atoms with E-state index in [4.69, 9.17) is 5.73 Å². The number of H-pyrrole nitrogens is 1. The van der Waals surface area contributed by atoms with Crippen molar-refractivity contribution in [3.8, 4) is 0 Å². The van der Waals surface area contributed by atoms with Gasteiger partial charge in [0.2, 0.25) is 0 Å². The van der Waals surface area contributed by atoms with E-state index in [9.17, 15) is 4.79 Å². The SMILES string of the molecule is Nc1c(C(=O)NCc2cscn2)n[nH]c1C1CC1. The molecule has 1 amide bonds. The monoisotopic (exact) mass is 263 g/mol. The third-order valence-electron chi connectivity index (χ3n) is 2.95. The quantitative estimate of drug-likeness (QED) is 0.773. The van der Waals surface area contributed by atoms with Crippen LogP contribution in [0.15, 0.2) is 10.9 Å². The molecule has 3 rings (SSSR count).